The van der Waals surface area contributed by atoms with E-state index in [0.717, 1.165) is 26.1 Å². The maximum atomic E-state index is 12.9. The predicted molar refractivity (Wildman–Crippen MR) is 114 cm³/mol. The van der Waals surface area contributed by atoms with Gasteiger partial charge >= 0.3 is 0 Å². The summed E-state index contributed by atoms with van der Waals surface area (Å²) < 4.78 is 18.4. The first-order valence-electron chi connectivity index (χ1n) is 10.1. The maximum absolute atomic E-state index is 12.9. The molecule has 2 atom stereocenters. The second-order valence-corrected chi connectivity index (χ2v) is 7.05. The van der Waals surface area contributed by atoms with Crippen molar-refractivity contribution in [2.75, 3.05) is 37.7 Å². The molecule has 3 rings (SSSR count). The highest BCUT2D eigenvalue weighted by atomic mass is 19.1. The van der Waals surface area contributed by atoms with Gasteiger partial charge < -0.3 is 25.4 Å². The molecule has 1 fully saturated rings. The molecule has 2 unspecified atom stereocenters. The molecule has 1 saturated heterocycles. The van der Waals surface area contributed by atoms with Gasteiger partial charge in [0.05, 0.1) is 6.54 Å². The van der Waals surface area contributed by atoms with E-state index in [2.05, 4.69) is 44.8 Å². The third-order valence-electron chi connectivity index (χ3n) is 4.71. The van der Waals surface area contributed by atoms with E-state index >= 15 is 0 Å². The lowest BCUT2D eigenvalue weighted by Crippen LogP contribution is -2.45. The minimum Gasteiger partial charge on any atom is -0.491 e. The number of nitrogens with one attached hydrogen (secondary N) is 2. The Morgan fingerprint density at radius 2 is 2.00 bits per heavy atom. The molecule has 0 spiro atoms. The number of halogens is 1. The topological polar surface area (TPSA) is 69.1 Å². The van der Waals surface area contributed by atoms with Crippen LogP contribution in [-0.4, -0.2) is 56.0 Å². The van der Waals surface area contributed by atoms with Crippen LogP contribution in [0.5, 0.6) is 5.75 Å². The quantitative estimate of drug-likeness (QED) is 0.469. The number of nitrogens with zero attached hydrogens (tertiary/aromatic N) is 2. The minimum absolute atomic E-state index is 0.0970. The van der Waals surface area contributed by atoms with Gasteiger partial charge in [-0.1, -0.05) is 18.2 Å². The Labute approximate surface area is 171 Å². The van der Waals surface area contributed by atoms with E-state index in [0.29, 0.717) is 17.8 Å². The predicted octanol–water partition coefficient (Wildman–Crippen LogP) is 2.40. The average Bonchev–Trinajstić information content (AvgIpc) is 3.21. The van der Waals surface area contributed by atoms with E-state index < -0.39 is 6.10 Å². The summed E-state index contributed by atoms with van der Waals surface area (Å²) in [5, 5.41) is 16.8. The first kappa shape index (κ1) is 20.9. The smallest absolute Gasteiger partial charge is 0.191 e. The molecule has 0 radical (unpaired) electrons. The van der Waals surface area contributed by atoms with Crippen LogP contribution in [-0.2, 0) is 0 Å². The zero-order valence-electron chi connectivity index (χ0n) is 16.7. The third-order valence-corrected chi connectivity index (χ3v) is 4.71. The molecule has 1 aliphatic rings. The summed E-state index contributed by atoms with van der Waals surface area (Å²) >= 11 is 0. The molecule has 0 bridgehead atoms. The molecule has 29 heavy (non-hydrogen) atoms. The summed E-state index contributed by atoms with van der Waals surface area (Å²) in [6.07, 6.45) is 0.273. The second kappa shape index (κ2) is 10.7. The van der Waals surface area contributed by atoms with Gasteiger partial charge in [0.1, 0.15) is 24.3 Å². The molecule has 1 aliphatic heterocycles. The van der Waals surface area contributed by atoms with Gasteiger partial charge in [-0.2, -0.15) is 0 Å². The number of hydrogen-bond donors (Lipinski definition) is 3. The van der Waals surface area contributed by atoms with Crippen LogP contribution in [0, 0.1) is 5.82 Å². The number of aliphatic imine (C=N–C) groups is 1. The molecule has 0 aliphatic carbocycles. The number of rotatable bonds is 8. The van der Waals surface area contributed by atoms with Crippen molar-refractivity contribution in [2.24, 2.45) is 4.99 Å². The van der Waals surface area contributed by atoms with Gasteiger partial charge in [-0.05, 0) is 49.7 Å². The molecule has 3 N–H and O–H groups in total. The Morgan fingerprint density at radius 1 is 1.24 bits per heavy atom. The Morgan fingerprint density at radius 3 is 2.72 bits per heavy atom. The monoisotopic (exact) mass is 400 g/mol. The number of benzene rings is 2. The van der Waals surface area contributed by atoms with E-state index in [1.54, 1.807) is 0 Å². The van der Waals surface area contributed by atoms with Gasteiger partial charge in [0.2, 0.25) is 0 Å². The zero-order chi connectivity index (χ0) is 20.5. The summed E-state index contributed by atoms with van der Waals surface area (Å²) in [5.41, 5.74) is 1.23. The molecule has 156 valence electrons. The number of anilines is 1. The van der Waals surface area contributed by atoms with Crippen LogP contribution in [0.4, 0.5) is 10.1 Å². The van der Waals surface area contributed by atoms with Crippen molar-refractivity contribution in [1.82, 2.24) is 10.6 Å². The van der Waals surface area contributed by atoms with Crippen molar-refractivity contribution in [3.8, 4) is 5.75 Å². The lowest BCUT2D eigenvalue weighted by molar-refractivity contribution is 0.114. The van der Waals surface area contributed by atoms with Crippen molar-refractivity contribution in [3.05, 3.63) is 60.4 Å². The summed E-state index contributed by atoms with van der Waals surface area (Å²) in [4.78, 5) is 6.84. The highest BCUT2D eigenvalue weighted by Crippen LogP contribution is 2.19. The fraction of sp³-hybridized carbons (Fsp3) is 0.409. The minimum atomic E-state index is -0.750. The third kappa shape index (κ3) is 6.64. The maximum Gasteiger partial charge on any atom is 0.191 e. The van der Waals surface area contributed by atoms with E-state index in [9.17, 15) is 9.50 Å². The summed E-state index contributed by atoms with van der Waals surface area (Å²) in [5.74, 6) is 0.890. The van der Waals surface area contributed by atoms with Crippen LogP contribution in [0.2, 0.25) is 0 Å². The first-order chi connectivity index (χ1) is 14.1. The molecule has 2 aromatic rings. The number of guanidine groups is 1. The van der Waals surface area contributed by atoms with Gasteiger partial charge in [0, 0.05) is 31.4 Å². The second-order valence-electron chi connectivity index (χ2n) is 7.05. The number of hydrogen-bond acceptors (Lipinski definition) is 4. The van der Waals surface area contributed by atoms with Crippen molar-refractivity contribution in [1.29, 1.82) is 0 Å². The van der Waals surface area contributed by atoms with E-state index in [1.165, 1.54) is 30.0 Å². The van der Waals surface area contributed by atoms with Crippen LogP contribution in [0.15, 0.2) is 59.6 Å². The SMILES string of the molecule is CCNC(=NCC(O)COc1ccc(F)cc1)NC1CCN(c2ccccc2)C1. The average molecular weight is 400 g/mol. The number of aliphatic hydroxyl groups excluding tert-OH is 1. The number of aliphatic hydroxyl groups is 1. The molecule has 0 saturated carbocycles. The van der Waals surface area contributed by atoms with Crippen LogP contribution >= 0.6 is 0 Å². The van der Waals surface area contributed by atoms with E-state index in [1.807, 2.05) is 13.0 Å². The molecule has 0 amide bonds. The Balaban J connectivity index is 1.47. The van der Waals surface area contributed by atoms with Crippen LogP contribution in [0.1, 0.15) is 13.3 Å². The van der Waals surface area contributed by atoms with Crippen LogP contribution in [0.3, 0.4) is 0 Å². The summed E-state index contributed by atoms with van der Waals surface area (Å²) in [7, 11) is 0. The standard InChI is InChI=1S/C22H29FN4O2/c1-2-24-22(25-14-20(28)16-29-21-10-8-17(23)9-11-21)26-18-12-13-27(15-18)19-6-4-3-5-7-19/h3-11,18,20,28H,2,12-16H2,1H3,(H2,24,25,26). The molecule has 1 heterocycles. The summed E-state index contributed by atoms with van der Waals surface area (Å²) in [6.45, 7) is 4.96. The Kier molecular flexibility index (Phi) is 7.69. The lowest BCUT2D eigenvalue weighted by Gasteiger charge is -2.20. The van der Waals surface area contributed by atoms with Gasteiger partial charge in [-0.3, -0.25) is 4.99 Å². The van der Waals surface area contributed by atoms with Crippen molar-refractivity contribution < 1.29 is 14.2 Å². The fourth-order valence-corrected chi connectivity index (χ4v) is 3.24. The van der Waals surface area contributed by atoms with Crippen molar-refractivity contribution in [2.45, 2.75) is 25.5 Å². The largest absolute Gasteiger partial charge is 0.491 e. The Bertz CT molecular complexity index is 770. The van der Waals surface area contributed by atoms with E-state index in [-0.39, 0.29) is 19.0 Å². The van der Waals surface area contributed by atoms with Crippen molar-refractivity contribution in [3.63, 3.8) is 0 Å². The van der Waals surface area contributed by atoms with Gasteiger partial charge in [-0.25, -0.2) is 4.39 Å². The zero-order valence-corrected chi connectivity index (χ0v) is 16.7. The van der Waals surface area contributed by atoms with Gasteiger partial charge in [0.15, 0.2) is 5.96 Å². The molecule has 0 aromatic heterocycles. The normalized spacial score (nSPS) is 17.8. The Hall–Kier alpha value is -2.80. The van der Waals surface area contributed by atoms with E-state index in [4.69, 9.17) is 4.74 Å². The fourth-order valence-electron chi connectivity index (χ4n) is 3.24. The number of para-hydroxylation sites is 1. The number of ether oxygens (including phenoxy) is 1. The summed E-state index contributed by atoms with van der Waals surface area (Å²) in [6, 6.07) is 16.4. The molecular formula is C22H29FN4O2. The molecular weight excluding hydrogens is 371 g/mol. The molecule has 7 heteroatoms. The molecule has 2 aromatic carbocycles. The first-order valence-corrected chi connectivity index (χ1v) is 10.1. The highest BCUT2D eigenvalue weighted by Gasteiger charge is 2.23. The van der Waals surface area contributed by atoms with Crippen molar-refractivity contribution >= 4 is 11.6 Å². The van der Waals surface area contributed by atoms with Gasteiger partial charge in [0.25, 0.3) is 0 Å². The van der Waals surface area contributed by atoms with Crippen LogP contribution in [0.25, 0.3) is 0 Å². The molecule has 6 nitrogen and oxygen atoms in total. The lowest BCUT2D eigenvalue weighted by atomic mass is 10.2. The van der Waals surface area contributed by atoms with Gasteiger partial charge in [-0.15, -0.1) is 0 Å². The highest BCUT2D eigenvalue weighted by molar-refractivity contribution is 5.80. The van der Waals surface area contributed by atoms with Crippen LogP contribution < -0.4 is 20.3 Å².